The highest BCUT2D eigenvalue weighted by Gasteiger charge is 2.26. The molecule has 6 nitrogen and oxygen atoms in total. The predicted molar refractivity (Wildman–Crippen MR) is 114 cm³/mol. The molecule has 0 bridgehead atoms. The number of aryl methyl sites for hydroxylation is 2. The Morgan fingerprint density at radius 1 is 1.03 bits per heavy atom. The number of rotatable bonds is 6. The Labute approximate surface area is 172 Å². The fourth-order valence-electron chi connectivity index (χ4n) is 3.29. The van der Waals surface area contributed by atoms with Crippen molar-refractivity contribution in [1.29, 1.82) is 0 Å². The zero-order chi connectivity index (χ0) is 21.0. The Kier molecular flexibility index (Phi) is 6.59. The molecule has 7 heteroatoms. The summed E-state index contributed by atoms with van der Waals surface area (Å²) >= 11 is 0. The van der Waals surface area contributed by atoms with Crippen LogP contribution in [0.1, 0.15) is 37.3 Å². The molecule has 2 aromatic carbocycles. The van der Waals surface area contributed by atoms with Gasteiger partial charge in [0.2, 0.25) is 10.0 Å². The lowest BCUT2D eigenvalue weighted by Crippen LogP contribution is -2.35. The third-order valence-electron chi connectivity index (χ3n) is 5.09. The van der Waals surface area contributed by atoms with E-state index in [9.17, 15) is 13.2 Å². The topological polar surface area (TPSA) is 75.7 Å². The van der Waals surface area contributed by atoms with Gasteiger partial charge < -0.3 is 10.1 Å². The van der Waals surface area contributed by atoms with E-state index in [0.717, 1.165) is 30.4 Å². The van der Waals surface area contributed by atoms with Crippen molar-refractivity contribution in [2.75, 3.05) is 18.4 Å². The molecule has 1 aliphatic rings. The lowest BCUT2D eigenvalue weighted by molar-refractivity contribution is -0.122. The Balaban J connectivity index is 1.64. The van der Waals surface area contributed by atoms with Gasteiger partial charge in [-0.1, -0.05) is 18.6 Å². The summed E-state index contributed by atoms with van der Waals surface area (Å²) in [6.45, 7) is 6.71. The number of hydrogen-bond donors (Lipinski definition) is 1. The molecule has 1 atom stereocenters. The van der Waals surface area contributed by atoms with Crippen LogP contribution in [0.15, 0.2) is 47.4 Å². The maximum Gasteiger partial charge on any atom is 0.265 e. The molecule has 1 N–H and O–H groups in total. The first-order chi connectivity index (χ1) is 13.8. The van der Waals surface area contributed by atoms with Crippen LogP contribution < -0.4 is 10.1 Å². The summed E-state index contributed by atoms with van der Waals surface area (Å²) in [6.07, 6.45) is 2.17. The molecule has 0 unspecified atom stereocenters. The van der Waals surface area contributed by atoms with Crippen molar-refractivity contribution in [3.63, 3.8) is 0 Å². The van der Waals surface area contributed by atoms with Crippen LogP contribution in [0, 0.1) is 13.8 Å². The molecule has 0 radical (unpaired) electrons. The monoisotopic (exact) mass is 416 g/mol. The third kappa shape index (κ3) is 5.16. The van der Waals surface area contributed by atoms with Crippen LogP contribution in [-0.4, -0.2) is 37.8 Å². The largest absolute Gasteiger partial charge is 0.481 e. The summed E-state index contributed by atoms with van der Waals surface area (Å²) in [5, 5.41) is 2.78. The summed E-state index contributed by atoms with van der Waals surface area (Å²) in [4.78, 5) is 12.7. The van der Waals surface area contributed by atoms with E-state index in [4.69, 9.17) is 4.74 Å². The molecule has 0 saturated carbocycles. The van der Waals surface area contributed by atoms with Crippen LogP contribution in [0.3, 0.4) is 0 Å². The van der Waals surface area contributed by atoms with Crippen LogP contribution in [0.25, 0.3) is 0 Å². The van der Waals surface area contributed by atoms with Crippen molar-refractivity contribution < 1.29 is 17.9 Å². The van der Waals surface area contributed by atoms with Crippen LogP contribution in [0.4, 0.5) is 5.69 Å². The highest BCUT2D eigenvalue weighted by Crippen LogP contribution is 2.23. The maximum atomic E-state index is 12.7. The molecule has 29 heavy (non-hydrogen) atoms. The molecule has 1 saturated heterocycles. The van der Waals surface area contributed by atoms with E-state index in [-0.39, 0.29) is 10.8 Å². The summed E-state index contributed by atoms with van der Waals surface area (Å²) in [5.74, 6) is 0.383. The molecule has 2 aromatic rings. The molecule has 156 valence electrons. The number of benzene rings is 2. The van der Waals surface area contributed by atoms with Gasteiger partial charge in [0, 0.05) is 18.8 Å². The normalized spacial score (nSPS) is 16.2. The third-order valence-corrected chi connectivity index (χ3v) is 7.00. The molecule has 1 aliphatic heterocycles. The van der Waals surface area contributed by atoms with Crippen molar-refractivity contribution in [2.45, 2.75) is 51.0 Å². The van der Waals surface area contributed by atoms with Gasteiger partial charge in [-0.15, -0.1) is 0 Å². The number of amides is 1. The van der Waals surface area contributed by atoms with Gasteiger partial charge in [-0.3, -0.25) is 4.79 Å². The number of piperidine rings is 1. The van der Waals surface area contributed by atoms with E-state index in [1.807, 2.05) is 32.0 Å². The predicted octanol–water partition coefficient (Wildman–Crippen LogP) is 3.88. The first kappa shape index (κ1) is 21.3. The second kappa shape index (κ2) is 8.97. The van der Waals surface area contributed by atoms with Crippen LogP contribution in [0.2, 0.25) is 0 Å². The molecule has 0 aliphatic carbocycles. The minimum Gasteiger partial charge on any atom is -0.481 e. The number of carbonyl (C=O) groups is 1. The molecule has 1 heterocycles. The van der Waals surface area contributed by atoms with Crippen LogP contribution in [-0.2, 0) is 14.8 Å². The average Bonchev–Trinajstić information content (AvgIpc) is 2.71. The first-order valence-electron chi connectivity index (χ1n) is 9.92. The van der Waals surface area contributed by atoms with Crippen LogP contribution >= 0.6 is 0 Å². The van der Waals surface area contributed by atoms with Gasteiger partial charge in [0.25, 0.3) is 5.91 Å². The summed E-state index contributed by atoms with van der Waals surface area (Å²) in [7, 11) is -3.48. The van der Waals surface area contributed by atoms with E-state index in [0.29, 0.717) is 24.5 Å². The quantitative estimate of drug-likeness (QED) is 0.775. The van der Waals surface area contributed by atoms with Crippen molar-refractivity contribution in [3.05, 3.63) is 53.6 Å². The van der Waals surface area contributed by atoms with Crippen LogP contribution in [0.5, 0.6) is 5.75 Å². The van der Waals surface area contributed by atoms with Crippen molar-refractivity contribution in [1.82, 2.24) is 4.31 Å². The zero-order valence-electron chi connectivity index (χ0n) is 17.1. The van der Waals surface area contributed by atoms with E-state index in [1.54, 1.807) is 19.1 Å². The van der Waals surface area contributed by atoms with Gasteiger partial charge in [-0.05, 0) is 75.1 Å². The SMILES string of the molecule is Cc1ccc(C)c(O[C@@H](C)C(=O)Nc2ccc(S(=O)(=O)N3CCCCC3)cc2)c1. The maximum absolute atomic E-state index is 12.7. The molecule has 1 fully saturated rings. The fourth-order valence-corrected chi connectivity index (χ4v) is 4.80. The van der Waals surface area contributed by atoms with Gasteiger partial charge in [0.1, 0.15) is 5.75 Å². The first-order valence-corrected chi connectivity index (χ1v) is 11.4. The van der Waals surface area contributed by atoms with Crippen molar-refractivity contribution in [2.24, 2.45) is 0 Å². The second-order valence-corrected chi connectivity index (χ2v) is 9.45. The Morgan fingerprint density at radius 2 is 1.69 bits per heavy atom. The number of hydrogen-bond acceptors (Lipinski definition) is 4. The summed E-state index contributed by atoms with van der Waals surface area (Å²) in [5.41, 5.74) is 2.55. The van der Waals surface area contributed by atoms with E-state index < -0.39 is 16.1 Å². The molecular formula is C22H28N2O4S. The number of ether oxygens (including phenoxy) is 1. The van der Waals surface area contributed by atoms with Gasteiger partial charge in [0.05, 0.1) is 4.90 Å². The Bertz CT molecular complexity index is 965. The van der Waals surface area contributed by atoms with Gasteiger partial charge in [-0.25, -0.2) is 8.42 Å². The minimum atomic E-state index is -3.48. The highest BCUT2D eigenvalue weighted by molar-refractivity contribution is 7.89. The number of sulfonamides is 1. The molecular weight excluding hydrogens is 388 g/mol. The fraction of sp³-hybridized carbons (Fsp3) is 0.409. The number of nitrogens with zero attached hydrogens (tertiary/aromatic N) is 1. The Hall–Kier alpha value is -2.38. The highest BCUT2D eigenvalue weighted by atomic mass is 32.2. The minimum absolute atomic E-state index is 0.247. The van der Waals surface area contributed by atoms with Gasteiger partial charge in [0.15, 0.2) is 6.10 Å². The number of nitrogens with one attached hydrogen (secondary N) is 1. The smallest absolute Gasteiger partial charge is 0.265 e. The number of anilines is 1. The summed E-state index contributed by atoms with van der Waals surface area (Å²) in [6, 6.07) is 12.1. The standard InChI is InChI=1S/C22H28N2O4S/c1-16-7-8-17(2)21(15-16)28-18(3)22(25)23-19-9-11-20(12-10-19)29(26,27)24-13-5-4-6-14-24/h7-12,15,18H,4-6,13-14H2,1-3H3,(H,23,25)/t18-/m0/s1. The molecule has 1 amide bonds. The average molecular weight is 417 g/mol. The summed E-state index contributed by atoms with van der Waals surface area (Å²) < 4.78 is 32.8. The van der Waals surface area contributed by atoms with Gasteiger partial charge in [-0.2, -0.15) is 4.31 Å². The Morgan fingerprint density at radius 3 is 2.34 bits per heavy atom. The second-order valence-electron chi connectivity index (χ2n) is 7.51. The lowest BCUT2D eigenvalue weighted by Gasteiger charge is -2.25. The van der Waals surface area contributed by atoms with E-state index in [2.05, 4.69) is 5.32 Å². The zero-order valence-corrected chi connectivity index (χ0v) is 18.0. The number of carbonyl (C=O) groups excluding carboxylic acids is 1. The molecule has 0 spiro atoms. The van der Waals surface area contributed by atoms with Crippen molar-refractivity contribution in [3.8, 4) is 5.75 Å². The molecule has 3 rings (SSSR count). The van der Waals surface area contributed by atoms with E-state index in [1.165, 1.54) is 16.4 Å². The van der Waals surface area contributed by atoms with E-state index >= 15 is 0 Å². The van der Waals surface area contributed by atoms with Gasteiger partial charge >= 0.3 is 0 Å². The molecule has 0 aromatic heterocycles. The lowest BCUT2D eigenvalue weighted by atomic mass is 10.1. The van der Waals surface area contributed by atoms with Crippen molar-refractivity contribution >= 4 is 21.6 Å².